The van der Waals surface area contributed by atoms with Gasteiger partial charge in [0.1, 0.15) is 11.9 Å². The molecule has 0 aliphatic carbocycles. The van der Waals surface area contributed by atoms with Crippen molar-refractivity contribution in [2.45, 2.75) is 13.0 Å². The minimum Gasteiger partial charge on any atom is -0.482 e. The Labute approximate surface area is 148 Å². The van der Waals surface area contributed by atoms with Gasteiger partial charge in [-0.1, -0.05) is 29.8 Å². The number of allylic oxidation sites excluding steroid dienone is 1. The molecule has 0 aliphatic heterocycles. The Morgan fingerprint density at radius 3 is 2.83 bits per heavy atom. The van der Waals surface area contributed by atoms with Crippen molar-refractivity contribution >= 4 is 40.8 Å². The highest BCUT2D eigenvalue weighted by atomic mass is 35.5. The molecule has 0 radical (unpaired) electrons. The Kier molecular flexibility index (Phi) is 5.64. The quantitative estimate of drug-likeness (QED) is 0.358. The highest BCUT2D eigenvalue weighted by Crippen LogP contribution is 2.36. The zero-order chi connectivity index (χ0) is 17.9. The average molecular weight is 369 g/mol. The number of anilines is 1. The van der Waals surface area contributed by atoms with E-state index in [-0.39, 0.29) is 21.6 Å². The summed E-state index contributed by atoms with van der Waals surface area (Å²) in [6.45, 7) is 5.48. The van der Waals surface area contributed by atoms with E-state index in [9.17, 15) is 4.39 Å². The first kappa shape index (κ1) is 18.0. The molecule has 2 aromatic rings. The third kappa shape index (κ3) is 3.77. The third-order valence-corrected chi connectivity index (χ3v) is 3.99. The van der Waals surface area contributed by atoms with Gasteiger partial charge in [0.15, 0.2) is 11.6 Å². The number of benzene rings is 1. The molecule has 24 heavy (non-hydrogen) atoms. The van der Waals surface area contributed by atoms with E-state index < -0.39 is 11.9 Å². The molecule has 1 aromatic carbocycles. The van der Waals surface area contributed by atoms with Gasteiger partial charge >= 0.3 is 0 Å². The molecule has 1 unspecified atom stereocenters. The Morgan fingerprint density at radius 2 is 2.17 bits per heavy atom. The second kappa shape index (κ2) is 7.51. The predicted octanol–water partition coefficient (Wildman–Crippen LogP) is 4.21. The van der Waals surface area contributed by atoms with Crippen molar-refractivity contribution in [1.29, 1.82) is 0 Å². The molecule has 0 saturated heterocycles. The van der Waals surface area contributed by atoms with Gasteiger partial charge in [-0.2, -0.15) is 5.10 Å². The number of rotatable bonds is 5. The molecule has 126 valence electrons. The zero-order valence-corrected chi connectivity index (χ0v) is 14.3. The maximum absolute atomic E-state index is 13.7. The van der Waals surface area contributed by atoms with Crippen LogP contribution in [0.1, 0.15) is 24.2 Å². The number of nitrogens with two attached hydrogens (primary N) is 2. The lowest BCUT2D eigenvalue weighted by Gasteiger charge is -2.19. The lowest BCUT2D eigenvalue weighted by Crippen LogP contribution is -2.08. The molecule has 1 atom stereocenters. The van der Waals surface area contributed by atoms with Gasteiger partial charge in [0.05, 0.1) is 11.2 Å². The van der Waals surface area contributed by atoms with Crippen LogP contribution in [-0.2, 0) is 0 Å². The second-order valence-corrected chi connectivity index (χ2v) is 5.71. The van der Waals surface area contributed by atoms with E-state index in [1.807, 2.05) is 0 Å². The van der Waals surface area contributed by atoms with Gasteiger partial charge in [0.25, 0.3) is 0 Å². The van der Waals surface area contributed by atoms with Crippen molar-refractivity contribution in [2.24, 2.45) is 10.9 Å². The molecule has 0 spiro atoms. The number of ether oxygens (including phenoxy) is 1. The first-order valence-electron chi connectivity index (χ1n) is 6.83. The van der Waals surface area contributed by atoms with Crippen LogP contribution in [0, 0.1) is 5.82 Å². The largest absolute Gasteiger partial charge is 0.482 e. The van der Waals surface area contributed by atoms with E-state index >= 15 is 0 Å². The summed E-state index contributed by atoms with van der Waals surface area (Å²) in [5.74, 6) is 4.96. The maximum atomic E-state index is 13.7. The second-order valence-electron chi connectivity index (χ2n) is 4.93. The summed E-state index contributed by atoms with van der Waals surface area (Å²) in [4.78, 5) is 4.04. The number of hydrazone groups is 1. The first-order chi connectivity index (χ1) is 11.3. The van der Waals surface area contributed by atoms with Gasteiger partial charge < -0.3 is 16.3 Å². The van der Waals surface area contributed by atoms with Gasteiger partial charge in [-0.15, -0.1) is 0 Å². The molecule has 0 bridgehead atoms. The van der Waals surface area contributed by atoms with Crippen molar-refractivity contribution in [2.75, 3.05) is 5.73 Å². The molecule has 5 nitrogen and oxygen atoms in total. The summed E-state index contributed by atoms with van der Waals surface area (Å²) in [6, 6.07) is 4.23. The average Bonchev–Trinajstić information content (AvgIpc) is 2.53. The summed E-state index contributed by atoms with van der Waals surface area (Å²) in [5.41, 5.74) is 7.31. The molecule has 0 saturated carbocycles. The van der Waals surface area contributed by atoms with Crippen molar-refractivity contribution in [1.82, 2.24) is 4.98 Å². The molecule has 2 rings (SSSR count). The van der Waals surface area contributed by atoms with Crippen LogP contribution in [0.4, 0.5) is 10.2 Å². The van der Waals surface area contributed by atoms with E-state index in [1.54, 1.807) is 13.0 Å². The fourth-order valence-corrected chi connectivity index (χ4v) is 2.73. The van der Waals surface area contributed by atoms with E-state index in [0.717, 1.165) is 0 Å². The summed E-state index contributed by atoms with van der Waals surface area (Å²) in [7, 11) is 0. The third-order valence-electron chi connectivity index (χ3n) is 3.27. The lowest BCUT2D eigenvalue weighted by atomic mass is 10.1. The molecule has 4 N–H and O–H groups in total. The fraction of sp³-hybridized carbons (Fsp3) is 0.125. The van der Waals surface area contributed by atoms with E-state index in [0.29, 0.717) is 16.7 Å². The van der Waals surface area contributed by atoms with E-state index in [4.69, 9.17) is 39.5 Å². The molecule has 8 heteroatoms. The van der Waals surface area contributed by atoms with Crippen LogP contribution >= 0.6 is 23.2 Å². The minimum atomic E-state index is -0.656. The normalized spacial score (nSPS) is 12.3. The molecular weight excluding hydrogens is 354 g/mol. The Bertz CT molecular complexity index is 811. The summed E-state index contributed by atoms with van der Waals surface area (Å²) >= 11 is 12.1. The van der Waals surface area contributed by atoms with Crippen molar-refractivity contribution in [3.63, 3.8) is 0 Å². The van der Waals surface area contributed by atoms with Gasteiger partial charge in [0, 0.05) is 22.3 Å². The number of hydrogen-bond acceptors (Lipinski definition) is 5. The zero-order valence-electron chi connectivity index (χ0n) is 12.8. The van der Waals surface area contributed by atoms with Crippen molar-refractivity contribution < 1.29 is 9.13 Å². The Morgan fingerprint density at radius 1 is 1.46 bits per heavy atom. The van der Waals surface area contributed by atoms with Crippen molar-refractivity contribution in [3.05, 3.63) is 58.0 Å². The lowest BCUT2D eigenvalue weighted by molar-refractivity contribution is 0.227. The highest BCUT2D eigenvalue weighted by Gasteiger charge is 2.20. The van der Waals surface area contributed by atoms with Crippen LogP contribution in [0.15, 0.2) is 36.1 Å². The molecule has 0 aliphatic rings. The summed E-state index contributed by atoms with van der Waals surface area (Å²) in [5, 5.41) is 3.59. The topological polar surface area (TPSA) is 86.5 Å². The summed E-state index contributed by atoms with van der Waals surface area (Å²) < 4.78 is 19.4. The van der Waals surface area contributed by atoms with Crippen LogP contribution in [-0.4, -0.2) is 11.2 Å². The van der Waals surface area contributed by atoms with E-state index in [2.05, 4.69) is 16.7 Å². The molecule has 0 fully saturated rings. The molecule has 0 amide bonds. The Hall–Kier alpha value is -2.31. The van der Waals surface area contributed by atoms with Crippen LogP contribution in [0.25, 0.3) is 5.57 Å². The van der Waals surface area contributed by atoms with Gasteiger partial charge in [-0.3, -0.25) is 0 Å². The van der Waals surface area contributed by atoms with Crippen LogP contribution in [0.2, 0.25) is 10.0 Å². The molecular formula is C16H15Cl2FN4O. The standard InChI is InChI=1S/C16H15Cl2FN4O/c1-8(6-23-21)10-5-13(16(20)22-7-10)24-9(2)14-11(17)3-4-12(19)15(14)18/h3-7,9H,1,21H2,2H3,(H2,20,22)/b23-6-. The fourth-order valence-electron chi connectivity index (χ4n) is 2.05. The van der Waals surface area contributed by atoms with Gasteiger partial charge in [0.2, 0.25) is 0 Å². The SMILES string of the molecule is C=C(/C=N\N)c1cnc(N)c(OC(C)c2c(Cl)ccc(F)c2Cl)c1. The molecule has 1 heterocycles. The summed E-state index contributed by atoms with van der Waals surface area (Å²) in [6.07, 6.45) is 2.23. The number of aromatic nitrogens is 1. The molecule has 1 aromatic heterocycles. The van der Waals surface area contributed by atoms with Crippen LogP contribution in [0.5, 0.6) is 5.75 Å². The van der Waals surface area contributed by atoms with Gasteiger partial charge in [-0.05, 0) is 30.7 Å². The van der Waals surface area contributed by atoms with Crippen molar-refractivity contribution in [3.8, 4) is 5.75 Å². The van der Waals surface area contributed by atoms with E-state index in [1.165, 1.54) is 24.5 Å². The number of hydrogen-bond donors (Lipinski definition) is 2. The van der Waals surface area contributed by atoms with Gasteiger partial charge in [-0.25, -0.2) is 9.37 Å². The monoisotopic (exact) mass is 368 g/mol. The number of pyridine rings is 1. The first-order valence-corrected chi connectivity index (χ1v) is 7.58. The van der Waals surface area contributed by atoms with Crippen LogP contribution < -0.4 is 16.3 Å². The maximum Gasteiger partial charge on any atom is 0.166 e. The van der Waals surface area contributed by atoms with Crippen LogP contribution in [0.3, 0.4) is 0 Å². The predicted molar refractivity (Wildman–Crippen MR) is 95.8 cm³/mol. The number of nitrogens with zero attached hydrogens (tertiary/aromatic N) is 2. The smallest absolute Gasteiger partial charge is 0.166 e. The highest BCUT2D eigenvalue weighted by molar-refractivity contribution is 6.36. The minimum absolute atomic E-state index is 0.0997. The number of nitrogen functional groups attached to an aromatic ring is 1. The Balaban J connectivity index is 2.36. The number of halogens is 3.